The predicted octanol–water partition coefficient (Wildman–Crippen LogP) is 2.32. The van der Waals surface area contributed by atoms with Crippen LogP contribution < -0.4 is 4.90 Å². The molecule has 1 atom stereocenters. The molecule has 1 aromatic rings. The molecule has 4 rings (SSSR count). The fourth-order valence-corrected chi connectivity index (χ4v) is 3.62. The van der Waals surface area contributed by atoms with E-state index in [1.807, 2.05) is 7.05 Å². The van der Waals surface area contributed by atoms with Crippen LogP contribution in [0.3, 0.4) is 0 Å². The van der Waals surface area contributed by atoms with Gasteiger partial charge in [0.1, 0.15) is 5.82 Å². The number of fused-ring (bicyclic) bond motifs is 1. The number of hydrogen-bond donors (Lipinski definition) is 0. The third-order valence-corrected chi connectivity index (χ3v) is 4.85. The van der Waals surface area contributed by atoms with E-state index in [2.05, 4.69) is 21.9 Å². The zero-order valence-corrected chi connectivity index (χ0v) is 13.8. The zero-order valence-electron chi connectivity index (χ0n) is 13.8. The SMILES string of the molecule is CN1C#CC(c2nc3c(c(N4CCCCCC4)n2)CCC3)N=C1. The summed E-state index contributed by atoms with van der Waals surface area (Å²) in [6.07, 6.45) is 10.3. The molecule has 1 unspecified atom stereocenters. The molecule has 0 radical (unpaired) electrons. The molecular weight excluding hydrogens is 286 g/mol. The molecule has 1 fully saturated rings. The van der Waals surface area contributed by atoms with Crippen LogP contribution in [0.25, 0.3) is 0 Å². The lowest BCUT2D eigenvalue weighted by molar-refractivity contribution is 0.695. The van der Waals surface area contributed by atoms with Crippen molar-refractivity contribution in [2.75, 3.05) is 25.0 Å². The molecule has 5 nitrogen and oxygen atoms in total. The van der Waals surface area contributed by atoms with Crippen LogP contribution in [0, 0.1) is 12.0 Å². The third kappa shape index (κ3) is 2.90. The Labute approximate surface area is 137 Å². The van der Waals surface area contributed by atoms with Gasteiger partial charge in [0.2, 0.25) is 0 Å². The highest BCUT2D eigenvalue weighted by atomic mass is 15.2. The molecule has 2 aliphatic heterocycles. The highest BCUT2D eigenvalue weighted by Gasteiger charge is 2.25. The largest absolute Gasteiger partial charge is 0.356 e. The average Bonchev–Trinajstić information content (AvgIpc) is 2.88. The Morgan fingerprint density at radius 3 is 2.61 bits per heavy atom. The lowest BCUT2D eigenvalue weighted by atomic mass is 10.2. The van der Waals surface area contributed by atoms with E-state index in [0.717, 1.165) is 31.8 Å². The molecule has 0 saturated carbocycles. The van der Waals surface area contributed by atoms with Crippen LogP contribution in [-0.4, -0.2) is 41.3 Å². The monoisotopic (exact) mass is 309 g/mol. The summed E-state index contributed by atoms with van der Waals surface area (Å²) in [6.45, 7) is 2.23. The minimum atomic E-state index is -0.220. The van der Waals surface area contributed by atoms with E-state index in [0.29, 0.717) is 0 Å². The van der Waals surface area contributed by atoms with Gasteiger partial charge in [-0.25, -0.2) is 9.97 Å². The first-order chi connectivity index (χ1) is 11.3. The molecule has 0 spiro atoms. The van der Waals surface area contributed by atoms with Gasteiger partial charge in [0.05, 0.1) is 6.34 Å². The molecule has 5 heteroatoms. The number of aryl methyl sites for hydroxylation is 1. The lowest BCUT2D eigenvalue weighted by Gasteiger charge is -2.25. The highest BCUT2D eigenvalue weighted by Crippen LogP contribution is 2.32. The summed E-state index contributed by atoms with van der Waals surface area (Å²) in [5.74, 6) is 5.10. The second-order valence-electron chi connectivity index (χ2n) is 6.62. The van der Waals surface area contributed by atoms with Crippen molar-refractivity contribution in [1.29, 1.82) is 0 Å². The van der Waals surface area contributed by atoms with Crippen LogP contribution in [0.5, 0.6) is 0 Å². The van der Waals surface area contributed by atoms with Crippen LogP contribution in [0.1, 0.15) is 55.2 Å². The van der Waals surface area contributed by atoms with E-state index < -0.39 is 0 Å². The van der Waals surface area contributed by atoms with Crippen molar-refractivity contribution >= 4 is 12.2 Å². The van der Waals surface area contributed by atoms with Gasteiger partial charge in [-0.3, -0.25) is 9.89 Å². The van der Waals surface area contributed by atoms with Gasteiger partial charge in [-0.1, -0.05) is 12.8 Å². The topological polar surface area (TPSA) is 44.6 Å². The minimum Gasteiger partial charge on any atom is -0.356 e. The van der Waals surface area contributed by atoms with E-state index in [9.17, 15) is 0 Å². The Bertz CT molecular complexity index is 677. The van der Waals surface area contributed by atoms with Crippen LogP contribution in [0.15, 0.2) is 4.99 Å². The van der Waals surface area contributed by atoms with E-state index in [-0.39, 0.29) is 6.04 Å². The molecule has 0 aromatic carbocycles. The zero-order chi connectivity index (χ0) is 15.6. The molecule has 3 aliphatic rings. The molecule has 0 amide bonds. The Morgan fingerprint density at radius 2 is 1.87 bits per heavy atom. The molecule has 0 bridgehead atoms. The smallest absolute Gasteiger partial charge is 0.173 e. The fourth-order valence-electron chi connectivity index (χ4n) is 3.62. The Kier molecular flexibility index (Phi) is 3.90. The van der Waals surface area contributed by atoms with E-state index in [1.54, 1.807) is 11.2 Å². The second-order valence-corrected chi connectivity index (χ2v) is 6.62. The number of nitrogens with zero attached hydrogens (tertiary/aromatic N) is 5. The van der Waals surface area contributed by atoms with Crippen LogP contribution in [-0.2, 0) is 12.8 Å². The summed E-state index contributed by atoms with van der Waals surface area (Å²) in [5, 5.41) is 0. The van der Waals surface area contributed by atoms with Gasteiger partial charge in [0, 0.05) is 37.4 Å². The van der Waals surface area contributed by atoms with Crippen molar-refractivity contribution in [1.82, 2.24) is 14.9 Å². The number of anilines is 1. The number of hydrogen-bond acceptors (Lipinski definition) is 5. The molecule has 1 saturated heterocycles. The summed E-state index contributed by atoms with van der Waals surface area (Å²) < 4.78 is 0. The molecule has 1 aromatic heterocycles. The molecular formula is C18H23N5. The average molecular weight is 309 g/mol. The standard InChI is InChI=1S/C18H23N5/c1-22-12-9-16(19-13-22)17-20-15-8-6-7-14(15)18(21-17)23-10-4-2-3-5-11-23/h13,16H,2-8,10-11H2,1H3. The molecule has 120 valence electrons. The summed E-state index contributed by atoms with van der Waals surface area (Å²) in [6, 6.07) is 2.83. The number of aromatic nitrogens is 2. The van der Waals surface area contributed by atoms with Crippen molar-refractivity contribution in [2.45, 2.75) is 51.0 Å². The fraction of sp³-hybridized carbons (Fsp3) is 0.611. The summed E-state index contributed by atoms with van der Waals surface area (Å²) in [7, 11) is 1.90. The van der Waals surface area contributed by atoms with Crippen molar-refractivity contribution in [3.63, 3.8) is 0 Å². The van der Waals surface area contributed by atoms with Crippen molar-refractivity contribution < 1.29 is 0 Å². The van der Waals surface area contributed by atoms with Gasteiger partial charge in [-0.05, 0) is 38.0 Å². The maximum Gasteiger partial charge on any atom is 0.173 e. The maximum absolute atomic E-state index is 4.94. The van der Waals surface area contributed by atoms with Crippen LogP contribution >= 0.6 is 0 Å². The van der Waals surface area contributed by atoms with Crippen LogP contribution in [0.2, 0.25) is 0 Å². The molecule has 1 aliphatic carbocycles. The quantitative estimate of drug-likeness (QED) is 0.787. The van der Waals surface area contributed by atoms with Gasteiger partial charge in [0.15, 0.2) is 11.9 Å². The summed E-state index contributed by atoms with van der Waals surface area (Å²) in [5.41, 5.74) is 2.60. The van der Waals surface area contributed by atoms with Gasteiger partial charge in [-0.15, -0.1) is 0 Å². The first-order valence-electron chi connectivity index (χ1n) is 8.73. The van der Waals surface area contributed by atoms with E-state index in [4.69, 9.17) is 9.97 Å². The van der Waals surface area contributed by atoms with Gasteiger partial charge < -0.3 is 4.90 Å². The van der Waals surface area contributed by atoms with E-state index in [1.165, 1.54) is 49.2 Å². The Balaban J connectivity index is 1.71. The first-order valence-corrected chi connectivity index (χ1v) is 8.73. The Morgan fingerprint density at radius 1 is 1.04 bits per heavy atom. The van der Waals surface area contributed by atoms with Crippen molar-refractivity contribution in [3.05, 3.63) is 17.1 Å². The normalized spacial score (nSPS) is 23.3. The Hall–Kier alpha value is -2.09. The highest BCUT2D eigenvalue weighted by molar-refractivity contribution is 5.60. The minimum absolute atomic E-state index is 0.220. The molecule has 0 N–H and O–H groups in total. The summed E-state index contributed by atoms with van der Waals surface area (Å²) in [4.78, 5) is 18.5. The first kappa shape index (κ1) is 14.5. The second kappa shape index (κ2) is 6.19. The van der Waals surface area contributed by atoms with Gasteiger partial charge in [0.25, 0.3) is 0 Å². The number of aliphatic imine (C=N–C) groups is 1. The molecule has 23 heavy (non-hydrogen) atoms. The predicted molar refractivity (Wildman–Crippen MR) is 91.5 cm³/mol. The van der Waals surface area contributed by atoms with E-state index >= 15 is 0 Å². The third-order valence-electron chi connectivity index (χ3n) is 4.85. The van der Waals surface area contributed by atoms with Crippen molar-refractivity contribution in [2.24, 2.45) is 4.99 Å². The van der Waals surface area contributed by atoms with Crippen molar-refractivity contribution in [3.8, 4) is 12.0 Å². The van der Waals surface area contributed by atoms with Gasteiger partial charge >= 0.3 is 0 Å². The maximum atomic E-state index is 4.94. The summed E-state index contributed by atoms with van der Waals surface area (Å²) >= 11 is 0. The lowest BCUT2D eigenvalue weighted by Crippen LogP contribution is -2.27. The molecule has 3 heterocycles. The van der Waals surface area contributed by atoms with Crippen LogP contribution in [0.4, 0.5) is 5.82 Å². The van der Waals surface area contributed by atoms with Gasteiger partial charge in [-0.2, -0.15) is 0 Å². The number of rotatable bonds is 2.